The summed E-state index contributed by atoms with van der Waals surface area (Å²) >= 11 is 6.58. The molecule has 0 radical (unpaired) electrons. The number of anilines is 1. The molecule has 1 aliphatic rings. The standard InChI is InChI=1S/C19H13ClFN3/c20-19-15-6-3-13(21)9-18(15)23-17-7-8-24(11-16(17)19)14-4-1-12(10-22)2-5-14/h1-6,9H,7-8,11H2. The first-order valence-electron chi connectivity index (χ1n) is 7.67. The van der Waals surface area contributed by atoms with Crippen molar-refractivity contribution in [3.05, 3.63) is 70.1 Å². The van der Waals surface area contributed by atoms with Gasteiger partial charge in [0.25, 0.3) is 0 Å². The van der Waals surface area contributed by atoms with Gasteiger partial charge in [0.05, 0.1) is 22.2 Å². The predicted molar refractivity (Wildman–Crippen MR) is 92.6 cm³/mol. The molecule has 0 spiro atoms. The van der Waals surface area contributed by atoms with Crippen molar-refractivity contribution in [3.63, 3.8) is 0 Å². The van der Waals surface area contributed by atoms with Crippen molar-refractivity contribution in [2.45, 2.75) is 13.0 Å². The number of pyridine rings is 1. The number of hydrogen-bond donors (Lipinski definition) is 0. The van der Waals surface area contributed by atoms with Crippen molar-refractivity contribution < 1.29 is 4.39 Å². The molecule has 3 nitrogen and oxygen atoms in total. The van der Waals surface area contributed by atoms with E-state index in [1.54, 1.807) is 6.07 Å². The topological polar surface area (TPSA) is 39.9 Å². The third-order valence-electron chi connectivity index (χ3n) is 4.39. The summed E-state index contributed by atoms with van der Waals surface area (Å²) in [7, 11) is 0. The van der Waals surface area contributed by atoms with Crippen molar-refractivity contribution in [1.29, 1.82) is 5.26 Å². The van der Waals surface area contributed by atoms with Crippen LogP contribution in [-0.4, -0.2) is 11.5 Å². The molecule has 24 heavy (non-hydrogen) atoms. The molecule has 3 aromatic rings. The van der Waals surface area contributed by atoms with Crippen LogP contribution in [0, 0.1) is 17.1 Å². The second-order valence-corrected chi connectivity index (χ2v) is 6.22. The lowest BCUT2D eigenvalue weighted by molar-refractivity contribution is 0.629. The van der Waals surface area contributed by atoms with E-state index in [4.69, 9.17) is 16.9 Å². The lowest BCUT2D eigenvalue weighted by Gasteiger charge is -2.31. The molecule has 2 heterocycles. The van der Waals surface area contributed by atoms with Crippen LogP contribution >= 0.6 is 11.6 Å². The minimum atomic E-state index is -0.305. The minimum Gasteiger partial charge on any atom is -0.367 e. The Morgan fingerprint density at radius 1 is 1.17 bits per heavy atom. The van der Waals surface area contributed by atoms with Gasteiger partial charge in [-0.3, -0.25) is 4.98 Å². The molecule has 0 N–H and O–H groups in total. The van der Waals surface area contributed by atoms with Gasteiger partial charge in [0.15, 0.2) is 0 Å². The normalized spacial score (nSPS) is 13.6. The molecule has 1 aliphatic heterocycles. The van der Waals surface area contributed by atoms with Gasteiger partial charge in [0.1, 0.15) is 5.82 Å². The monoisotopic (exact) mass is 337 g/mol. The van der Waals surface area contributed by atoms with Gasteiger partial charge < -0.3 is 4.90 Å². The number of nitriles is 1. The zero-order valence-electron chi connectivity index (χ0n) is 12.8. The van der Waals surface area contributed by atoms with E-state index < -0.39 is 0 Å². The molecule has 0 saturated carbocycles. The smallest absolute Gasteiger partial charge is 0.125 e. The van der Waals surface area contributed by atoms with Gasteiger partial charge in [-0.1, -0.05) is 11.6 Å². The molecule has 2 aromatic carbocycles. The lowest BCUT2D eigenvalue weighted by atomic mass is 10.0. The Hall–Kier alpha value is -2.64. The van der Waals surface area contributed by atoms with Gasteiger partial charge in [-0.15, -0.1) is 0 Å². The van der Waals surface area contributed by atoms with Crippen LogP contribution in [-0.2, 0) is 13.0 Å². The van der Waals surface area contributed by atoms with Gasteiger partial charge in [0, 0.05) is 47.9 Å². The van der Waals surface area contributed by atoms with Crippen LogP contribution in [0.3, 0.4) is 0 Å². The number of halogens is 2. The van der Waals surface area contributed by atoms with Crippen LogP contribution in [0.1, 0.15) is 16.8 Å². The highest BCUT2D eigenvalue weighted by Gasteiger charge is 2.22. The molecule has 0 saturated heterocycles. The van der Waals surface area contributed by atoms with E-state index >= 15 is 0 Å². The third-order valence-corrected chi connectivity index (χ3v) is 4.83. The molecular formula is C19H13ClFN3. The highest BCUT2D eigenvalue weighted by Crippen LogP contribution is 2.33. The molecule has 0 unspecified atom stereocenters. The Morgan fingerprint density at radius 3 is 2.71 bits per heavy atom. The summed E-state index contributed by atoms with van der Waals surface area (Å²) < 4.78 is 13.4. The maximum absolute atomic E-state index is 13.4. The van der Waals surface area contributed by atoms with Crippen LogP contribution < -0.4 is 4.90 Å². The minimum absolute atomic E-state index is 0.305. The first kappa shape index (κ1) is 14.9. The summed E-state index contributed by atoms with van der Waals surface area (Å²) in [6.07, 6.45) is 0.751. The van der Waals surface area contributed by atoms with E-state index in [9.17, 15) is 4.39 Å². The van der Waals surface area contributed by atoms with Gasteiger partial charge in [-0.05, 0) is 36.4 Å². The van der Waals surface area contributed by atoms with Crippen LogP contribution in [0.2, 0.25) is 5.02 Å². The van der Waals surface area contributed by atoms with Crippen molar-refractivity contribution in [1.82, 2.24) is 4.98 Å². The highest BCUT2D eigenvalue weighted by molar-refractivity contribution is 6.36. The Morgan fingerprint density at radius 2 is 1.96 bits per heavy atom. The second kappa shape index (κ2) is 5.77. The lowest BCUT2D eigenvalue weighted by Crippen LogP contribution is -2.31. The Balaban J connectivity index is 1.74. The molecule has 5 heteroatoms. The summed E-state index contributed by atoms with van der Waals surface area (Å²) in [4.78, 5) is 6.81. The van der Waals surface area contributed by atoms with E-state index in [1.807, 2.05) is 24.3 Å². The van der Waals surface area contributed by atoms with Crippen LogP contribution in [0.25, 0.3) is 10.9 Å². The van der Waals surface area contributed by atoms with E-state index in [-0.39, 0.29) is 5.82 Å². The zero-order valence-corrected chi connectivity index (χ0v) is 13.5. The van der Waals surface area contributed by atoms with E-state index in [0.29, 0.717) is 22.6 Å². The van der Waals surface area contributed by atoms with Gasteiger partial charge in [-0.2, -0.15) is 5.26 Å². The molecule has 4 rings (SSSR count). The fourth-order valence-electron chi connectivity index (χ4n) is 3.13. The molecular weight excluding hydrogens is 325 g/mol. The average Bonchev–Trinajstić information content (AvgIpc) is 2.61. The van der Waals surface area contributed by atoms with Crippen molar-refractivity contribution in [3.8, 4) is 6.07 Å². The number of rotatable bonds is 1. The first-order valence-corrected chi connectivity index (χ1v) is 8.05. The van der Waals surface area contributed by atoms with Crippen molar-refractivity contribution >= 4 is 28.2 Å². The Labute approximate surface area is 143 Å². The second-order valence-electron chi connectivity index (χ2n) is 5.84. The number of aromatic nitrogens is 1. The van der Waals surface area contributed by atoms with Crippen molar-refractivity contribution in [2.75, 3.05) is 11.4 Å². The van der Waals surface area contributed by atoms with Crippen LogP contribution in [0.4, 0.5) is 10.1 Å². The summed E-state index contributed by atoms with van der Waals surface area (Å²) in [5, 5.41) is 10.3. The fourth-order valence-corrected chi connectivity index (χ4v) is 3.46. The Kier molecular flexibility index (Phi) is 3.59. The number of nitrogens with zero attached hydrogens (tertiary/aromatic N) is 3. The number of hydrogen-bond acceptors (Lipinski definition) is 3. The quantitative estimate of drug-likeness (QED) is 0.658. The van der Waals surface area contributed by atoms with Gasteiger partial charge in [0.2, 0.25) is 0 Å². The molecule has 0 aliphatic carbocycles. The number of fused-ring (bicyclic) bond motifs is 2. The first-order chi connectivity index (χ1) is 11.7. The molecule has 0 atom stereocenters. The SMILES string of the molecule is N#Cc1ccc(N2CCc3nc4cc(F)ccc4c(Cl)c3C2)cc1. The average molecular weight is 338 g/mol. The van der Waals surface area contributed by atoms with E-state index in [0.717, 1.165) is 35.3 Å². The largest absolute Gasteiger partial charge is 0.367 e. The third kappa shape index (κ3) is 2.47. The molecule has 118 valence electrons. The molecule has 0 bridgehead atoms. The van der Waals surface area contributed by atoms with Gasteiger partial charge in [-0.25, -0.2) is 4.39 Å². The fraction of sp³-hybridized carbons (Fsp3) is 0.158. The molecule has 1 aromatic heterocycles. The molecule has 0 fully saturated rings. The maximum atomic E-state index is 13.4. The van der Waals surface area contributed by atoms with Crippen LogP contribution in [0.15, 0.2) is 42.5 Å². The van der Waals surface area contributed by atoms with Crippen molar-refractivity contribution in [2.24, 2.45) is 0 Å². The van der Waals surface area contributed by atoms with Gasteiger partial charge >= 0.3 is 0 Å². The van der Waals surface area contributed by atoms with E-state index in [1.165, 1.54) is 12.1 Å². The Bertz CT molecular complexity index is 977. The molecule has 0 amide bonds. The summed E-state index contributed by atoms with van der Waals surface area (Å²) in [6, 6.07) is 14.2. The maximum Gasteiger partial charge on any atom is 0.125 e. The summed E-state index contributed by atoms with van der Waals surface area (Å²) in [5.74, 6) is -0.305. The van der Waals surface area contributed by atoms with E-state index in [2.05, 4.69) is 16.0 Å². The van der Waals surface area contributed by atoms with Crippen LogP contribution in [0.5, 0.6) is 0 Å². The summed E-state index contributed by atoms with van der Waals surface area (Å²) in [6.45, 7) is 1.46. The zero-order chi connectivity index (χ0) is 16.7. The highest BCUT2D eigenvalue weighted by atomic mass is 35.5. The predicted octanol–water partition coefficient (Wildman–Crippen LogP) is 4.46. The summed E-state index contributed by atoms with van der Waals surface area (Å²) in [5.41, 5.74) is 4.22. The number of benzene rings is 2.